The van der Waals surface area contributed by atoms with Gasteiger partial charge in [0.25, 0.3) is 0 Å². The van der Waals surface area contributed by atoms with Crippen LogP contribution in [-0.4, -0.2) is 16.3 Å². The van der Waals surface area contributed by atoms with Crippen molar-refractivity contribution < 1.29 is 4.79 Å². The number of aromatic amines is 1. The van der Waals surface area contributed by atoms with Gasteiger partial charge in [0.1, 0.15) is 5.82 Å². The summed E-state index contributed by atoms with van der Waals surface area (Å²) in [4.78, 5) is 17.8. The Hall–Kier alpha value is -1.64. The van der Waals surface area contributed by atoms with Crippen LogP contribution in [0.25, 0.3) is 11.0 Å². The largest absolute Gasteiger partial charge is 0.342 e. The van der Waals surface area contributed by atoms with Crippen LogP contribution in [0.3, 0.4) is 0 Å². The number of H-pyrrole nitrogens is 1. The van der Waals surface area contributed by atoms with Crippen LogP contribution < -0.4 is 0 Å². The van der Waals surface area contributed by atoms with E-state index in [-0.39, 0.29) is 0 Å². The number of benzene rings is 1. The number of hydrogen-bond donors (Lipinski definition) is 1. The third-order valence-electron chi connectivity index (χ3n) is 1.79. The molecule has 0 amide bonds. The molecule has 2 aromatic rings. The first-order chi connectivity index (χ1) is 6.81. The molecule has 0 aliphatic carbocycles. The first kappa shape index (κ1) is 10.4. The average molecular weight is 190 g/mol. The molecule has 1 heterocycles. The number of carbonyl (C=O) groups excluding carboxylic acids is 1. The van der Waals surface area contributed by atoms with Gasteiger partial charge in [0, 0.05) is 5.56 Å². The molecule has 0 radical (unpaired) electrons. The summed E-state index contributed by atoms with van der Waals surface area (Å²) in [5, 5.41) is 0. The Balaban J connectivity index is 0.000000461. The molecule has 0 unspecified atom stereocenters. The highest BCUT2D eigenvalue weighted by Gasteiger charge is 2.02. The lowest BCUT2D eigenvalue weighted by atomic mass is 10.2. The fourth-order valence-electron chi connectivity index (χ4n) is 1.27. The Morgan fingerprint density at radius 3 is 2.71 bits per heavy atom. The number of aryl methyl sites for hydroxylation is 1. The average Bonchev–Trinajstić information content (AvgIpc) is 2.60. The van der Waals surface area contributed by atoms with Crippen molar-refractivity contribution in [1.29, 1.82) is 0 Å². The van der Waals surface area contributed by atoms with E-state index >= 15 is 0 Å². The van der Waals surface area contributed by atoms with Crippen LogP contribution in [0.5, 0.6) is 0 Å². The van der Waals surface area contributed by atoms with Crippen molar-refractivity contribution >= 4 is 17.3 Å². The number of carbonyl (C=O) groups is 1. The quantitative estimate of drug-likeness (QED) is 0.703. The zero-order valence-corrected chi connectivity index (χ0v) is 8.66. The molecular formula is C11H14N2O. The number of aromatic nitrogens is 2. The van der Waals surface area contributed by atoms with Crippen molar-refractivity contribution in [3.8, 4) is 0 Å². The molecule has 74 valence electrons. The number of fused-ring (bicyclic) bond motifs is 1. The van der Waals surface area contributed by atoms with Crippen LogP contribution in [0.1, 0.15) is 30.0 Å². The molecule has 1 aromatic heterocycles. The number of aldehydes is 1. The number of imidazole rings is 1. The Morgan fingerprint density at radius 2 is 2.07 bits per heavy atom. The minimum atomic E-state index is 0.636. The van der Waals surface area contributed by atoms with Gasteiger partial charge in [0.05, 0.1) is 11.0 Å². The maximum absolute atomic E-state index is 10.6. The standard InChI is InChI=1S/C9H8N2O.C2H6/c1-6-10-8-4-2-3-7(5-12)9(8)11-6;1-2/h2-5H,1H3,(H,10,11);1-2H3. The second-order valence-electron chi connectivity index (χ2n) is 2.68. The highest BCUT2D eigenvalue weighted by molar-refractivity contribution is 5.94. The van der Waals surface area contributed by atoms with E-state index in [0.717, 1.165) is 23.1 Å². The SMILES string of the molecule is CC.Cc1nc2c(C=O)cccc2[nH]1. The Bertz CT molecular complexity index is 432. The summed E-state index contributed by atoms with van der Waals surface area (Å²) in [5.41, 5.74) is 2.30. The lowest BCUT2D eigenvalue weighted by Gasteiger charge is -1.89. The van der Waals surface area contributed by atoms with Gasteiger partial charge < -0.3 is 4.98 Å². The van der Waals surface area contributed by atoms with Gasteiger partial charge in [0.2, 0.25) is 0 Å². The summed E-state index contributed by atoms with van der Waals surface area (Å²) in [6.07, 6.45) is 0.822. The fraction of sp³-hybridized carbons (Fsp3) is 0.273. The molecular weight excluding hydrogens is 176 g/mol. The lowest BCUT2D eigenvalue weighted by Crippen LogP contribution is -1.80. The van der Waals surface area contributed by atoms with E-state index in [0.29, 0.717) is 5.56 Å². The van der Waals surface area contributed by atoms with Gasteiger partial charge in [-0.25, -0.2) is 4.98 Å². The highest BCUT2D eigenvalue weighted by atomic mass is 16.1. The molecule has 0 aliphatic rings. The summed E-state index contributed by atoms with van der Waals surface area (Å²) in [7, 11) is 0. The predicted molar refractivity (Wildman–Crippen MR) is 57.6 cm³/mol. The number of hydrogen-bond acceptors (Lipinski definition) is 2. The van der Waals surface area contributed by atoms with E-state index in [1.807, 2.05) is 32.9 Å². The second kappa shape index (κ2) is 4.56. The summed E-state index contributed by atoms with van der Waals surface area (Å²) in [5.74, 6) is 0.833. The zero-order valence-electron chi connectivity index (χ0n) is 8.66. The third-order valence-corrected chi connectivity index (χ3v) is 1.79. The molecule has 0 bridgehead atoms. The van der Waals surface area contributed by atoms with Crippen LogP contribution in [0.4, 0.5) is 0 Å². The number of rotatable bonds is 1. The normalized spacial score (nSPS) is 9.36. The predicted octanol–water partition coefficient (Wildman–Crippen LogP) is 2.71. The Kier molecular flexibility index (Phi) is 3.40. The summed E-state index contributed by atoms with van der Waals surface area (Å²) in [6.45, 7) is 5.87. The van der Waals surface area contributed by atoms with E-state index in [1.165, 1.54) is 0 Å². The van der Waals surface area contributed by atoms with Crippen molar-refractivity contribution in [3.05, 3.63) is 29.6 Å². The van der Waals surface area contributed by atoms with Gasteiger partial charge in [0.15, 0.2) is 6.29 Å². The van der Waals surface area contributed by atoms with Crippen molar-refractivity contribution in [2.45, 2.75) is 20.8 Å². The third kappa shape index (κ3) is 1.82. The van der Waals surface area contributed by atoms with E-state index in [1.54, 1.807) is 6.07 Å². The monoisotopic (exact) mass is 190 g/mol. The first-order valence-corrected chi connectivity index (χ1v) is 4.72. The Morgan fingerprint density at radius 1 is 1.36 bits per heavy atom. The molecule has 14 heavy (non-hydrogen) atoms. The maximum atomic E-state index is 10.6. The van der Waals surface area contributed by atoms with Crippen LogP contribution in [0.2, 0.25) is 0 Å². The number of nitrogens with zero attached hydrogens (tertiary/aromatic N) is 1. The molecule has 3 heteroatoms. The van der Waals surface area contributed by atoms with E-state index in [9.17, 15) is 4.79 Å². The van der Waals surface area contributed by atoms with Crippen molar-refractivity contribution in [2.75, 3.05) is 0 Å². The molecule has 1 aromatic carbocycles. The van der Waals surface area contributed by atoms with Crippen LogP contribution in [0, 0.1) is 6.92 Å². The van der Waals surface area contributed by atoms with Crippen molar-refractivity contribution in [1.82, 2.24) is 9.97 Å². The van der Waals surface area contributed by atoms with E-state index < -0.39 is 0 Å². The molecule has 0 spiro atoms. The number of nitrogens with one attached hydrogen (secondary N) is 1. The molecule has 1 N–H and O–H groups in total. The van der Waals surface area contributed by atoms with Gasteiger partial charge in [-0.15, -0.1) is 0 Å². The minimum absolute atomic E-state index is 0.636. The molecule has 0 aliphatic heterocycles. The van der Waals surface area contributed by atoms with Crippen molar-refractivity contribution in [2.24, 2.45) is 0 Å². The molecule has 3 nitrogen and oxygen atoms in total. The summed E-state index contributed by atoms with van der Waals surface area (Å²) >= 11 is 0. The minimum Gasteiger partial charge on any atom is -0.342 e. The smallest absolute Gasteiger partial charge is 0.152 e. The van der Waals surface area contributed by atoms with Gasteiger partial charge >= 0.3 is 0 Å². The maximum Gasteiger partial charge on any atom is 0.152 e. The molecule has 2 rings (SSSR count). The van der Waals surface area contributed by atoms with Crippen LogP contribution >= 0.6 is 0 Å². The molecule has 0 fully saturated rings. The first-order valence-electron chi connectivity index (χ1n) is 4.72. The van der Waals surface area contributed by atoms with Crippen molar-refractivity contribution in [3.63, 3.8) is 0 Å². The molecule has 0 saturated carbocycles. The fourth-order valence-corrected chi connectivity index (χ4v) is 1.27. The highest BCUT2D eigenvalue weighted by Crippen LogP contribution is 2.13. The van der Waals surface area contributed by atoms with Crippen LogP contribution in [-0.2, 0) is 0 Å². The lowest BCUT2D eigenvalue weighted by molar-refractivity contribution is 0.112. The number of para-hydroxylation sites is 1. The second-order valence-corrected chi connectivity index (χ2v) is 2.68. The van der Waals surface area contributed by atoms with Gasteiger partial charge in [-0.05, 0) is 19.1 Å². The molecule has 0 saturated heterocycles. The van der Waals surface area contributed by atoms with E-state index in [2.05, 4.69) is 9.97 Å². The van der Waals surface area contributed by atoms with Gasteiger partial charge in [-0.2, -0.15) is 0 Å². The summed E-state index contributed by atoms with van der Waals surface area (Å²) in [6, 6.07) is 5.50. The van der Waals surface area contributed by atoms with Gasteiger partial charge in [-0.1, -0.05) is 19.9 Å². The van der Waals surface area contributed by atoms with Crippen LogP contribution in [0.15, 0.2) is 18.2 Å². The summed E-state index contributed by atoms with van der Waals surface area (Å²) < 4.78 is 0. The topological polar surface area (TPSA) is 45.8 Å². The van der Waals surface area contributed by atoms with Gasteiger partial charge in [-0.3, -0.25) is 4.79 Å². The zero-order chi connectivity index (χ0) is 10.6. The molecule has 0 atom stereocenters. The Labute approximate surface area is 83.2 Å². The van der Waals surface area contributed by atoms with E-state index in [4.69, 9.17) is 0 Å².